The molecule has 8 heteroatoms. The number of carbonyl (C=O) groups excluding carboxylic acids is 1. The maximum atomic E-state index is 13.1. The second-order valence-corrected chi connectivity index (χ2v) is 8.55. The fourth-order valence-electron chi connectivity index (χ4n) is 3.27. The Hall–Kier alpha value is -2.29. The second kappa shape index (κ2) is 8.81. The van der Waals surface area contributed by atoms with Crippen LogP contribution in [0.1, 0.15) is 6.92 Å². The van der Waals surface area contributed by atoms with Crippen molar-refractivity contribution in [3.63, 3.8) is 0 Å². The number of carbonyl (C=O) groups is 1. The maximum Gasteiger partial charge on any atom is 0.243 e. The summed E-state index contributed by atoms with van der Waals surface area (Å²) in [5.41, 5.74) is 0.854. The van der Waals surface area contributed by atoms with Crippen LogP contribution in [0.4, 0.5) is 10.1 Å². The van der Waals surface area contributed by atoms with Gasteiger partial charge in [0.05, 0.1) is 11.4 Å². The fraction of sp³-hybridized carbons (Fsp3) is 0.350. The van der Waals surface area contributed by atoms with Crippen LogP contribution in [-0.4, -0.2) is 62.8 Å². The number of hydrogen-bond donors (Lipinski definition) is 0. The van der Waals surface area contributed by atoms with Crippen LogP contribution in [0.5, 0.6) is 0 Å². The van der Waals surface area contributed by atoms with Crippen LogP contribution >= 0.6 is 0 Å². The predicted molar refractivity (Wildman–Crippen MR) is 106 cm³/mol. The van der Waals surface area contributed by atoms with E-state index >= 15 is 0 Å². The average Bonchev–Trinajstić information content (AvgIpc) is 2.70. The molecular weight excluding hydrogens is 381 g/mol. The number of anilines is 1. The van der Waals surface area contributed by atoms with Gasteiger partial charge in [-0.2, -0.15) is 4.31 Å². The highest BCUT2D eigenvalue weighted by molar-refractivity contribution is 7.89. The Balaban J connectivity index is 1.59. The first kappa shape index (κ1) is 20.4. The van der Waals surface area contributed by atoms with Gasteiger partial charge in [0.15, 0.2) is 0 Å². The van der Waals surface area contributed by atoms with Crippen molar-refractivity contribution in [2.45, 2.75) is 11.8 Å². The van der Waals surface area contributed by atoms with E-state index in [9.17, 15) is 17.6 Å². The van der Waals surface area contributed by atoms with Crippen LogP contribution in [-0.2, 0) is 14.8 Å². The zero-order valence-corrected chi connectivity index (χ0v) is 16.6. The maximum absolute atomic E-state index is 13.1. The summed E-state index contributed by atoms with van der Waals surface area (Å²) in [7, 11) is -3.65. The van der Waals surface area contributed by atoms with Gasteiger partial charge in [0.2, 0.25) is 15.9 Å². The molecule has 1 amide bonds. The van der Waals surface area contributed by atoms with Crippen molar-refractivity contribution >= 4 is 21.6 Å². The molecule has 28 heavy (non-hydrogen) atoms. The van der Waals surface area contributed by atoms with E-state index in [2.05, 4.69) is 0 Å². The van der Waals surface area contributed by atoms with E-state index in [1.54, 1.807) is 4.90 Å². The van der Waals surface area contributed by atoms with Crippen molar-refractivity contribution in [1.29, 1.82) is 0 Å². The first-order chi connectivity index (χ1) is 13.4. The summed E-state index contributed by atoms with van der Waals surface area (Å²) in [6.45, 7) is 4.28. The molecule has 0 atom stereocenters. The number of hydrogen-bond acceptors (Lipinski definition) is 4. The third kappa shape index (κ3) is 4.57. The van der Waals surface area contributed by atoms with Gasteiger partial charge < -0.3 is 4.90 Å². The van der Waals surface area contributed by atoms with Gasteiger partial charge in [-0.15, -0.1) is 0 Å². The zero-order chi connectivity index (χ0) is 20.1. The van der Waals surface area contributed by atoms with E-state index in [0.717, 1.165) is 17.8 Å². The van der Waals surface area contributed by atoms with Crippen molar-refractivity contribution in [3.05, 3.63) is 60.4 Å². The topological polar surface area (TPSA) is 60.9 Å². The molecule has 0 radical (unpaired) electrons. The van der Waals surface area contributed by atoms with Gasteiger partial charge in [0.25, 0.3) is 0 Å². The number of para-hydroxylation sites is 1. The normalized spacial score (nSPS) is 16.1. The first-order valence-electron chi connectivity index (χ1n) is 9.25. The SMILES string of the molecule is CCN(C(=O)CN1CCN(S(=O)(=O)c2ccc(F)cc2)CC1)c1ccccc1. The number of nitrogens with zero attached hydrogens (tertiary/aromatic N) is 3. The van der Waals surface area contributed by atoms with Crippen LogP contribution in [0.25, 0.3) is 0 Å². The summed E-state index contributed by atoms with van der Waals surface area (Å²) in [6, 6.07) is 14.3. The number of benzene rings is 2. The summed E-state index contributed by atoms with van der Waals surface area (Å²) < 4.78 is 39.8. The Morgan fingerprint density at radius 1 is 1.00 bits per heavy atom. The number of rotatable bonds is 6. The van der Waals surface area contributed by atoms with Gasteiger partial charge in [0.1, 0.15) is 5.82 Å². The van der Waals surface area contributed by atoms with Crippen molar-refractivity contribution in [2.24, 2.45) is 0 Å². The lowest BCUT2D eigenvalue weighted by molar-refractivity contribution is -0.120. The molecule has 1 saturated heterocycles. The highest BCUT2D eigenvalue weighted by Crippen LogP contribution is 2.19. The molecular formula is C20H24FN3O3S. The van der Waals surface area contributed by atoms with Crippen molar-refractivity contribution in [3.8, 4) is 0 Å². The largest absolute Gasteiger partial charge is 0.312 e. The Labute approximate surface area is 165 Å². The Bertz CT molecular complexity index is 896. The molecule has 0 aliphatic carbocycles. The van der Waals surface area contributed by atoms with Gasteiger partial charge in [0, 0.05) is 38.4 Å². The molecule has 0 aromatic heterocycles. The van der Waals surface area contributed by atoms with Gasteiger partial charge in [-0.25, -0.2) is 12.8 Å². The van der Waals surface area contributed by atoms with Crippen LogP contribution < -0.4 is 4.90 Å². The zero-order valence-electron chi connectivity index (χ0n) is 15.8. The molecule has 6 nitrogen and oxygen atoms in total. The molecule has 1 aliphatic rings. The highest BCUT2D eigenvalue weighted by atomic mass is 32.2. The lowest BCUT2D eigenvalue weighted by atomic mass is 10.2. The van der Waals surface area contributed by atoms with E-state index in [0.29, 0.717) is 32.7 Å². The number of likely N-dealkylation sites (N-methyl/N-ethyl adjacent to an activating group) is 1. The molecule has 1 heterocycles. The molecule has 0 spiro atoms. The molecule has 150 valence electrons. The lowest BCUT2D eigenvalue weighted by Crippen LogP contribution is -2.51. The molecule has 0 N–H and O–H groups in total. The van der Waals surface area contributed by atoms with Crippen LogP contribution in [0.2, 0.25) is 0 Å². The molecule has 0 saturated carbocycles. The molecule has 0 unspecified atom stereocenters. The molecule has 3 rings (SSSR count). The van der Waals surface area contributed by atoms with Gasteiger partial charge in [-0.05, 0) is 43.3 Å². The van der Waals surface area contributed by atoms with Gasteiger partial charge in [-0.1, -0.05) is 18.2 Å². The number of halogens is 1. The van der Waals surface area contributed by atoms with Crippen molar-refractivity contribution in [2.75, 3.05) is 44.2 Å². The van der Waals surface area contributed by atoms with E-state index in [-0.39, 0.29) is 17.3 Å². The second-order valence-electron chi connectivity index (χ2n) is 6.61. The van der Waals surface area contributed by atoms with E-state index in [4.69, 9.17) is 0 Å². The Kier molecular flexibility index (Phi) is 6.43. The third-order valence-electron chi connectivity index (χ3n) is 4.83. The minimum atomic E-state index is -3.65. The Morgan fingerprint density at radius 3 is 2.18 bits per heavy atom. The summed E-state index contributed by atoms with van der Waals surface area (Å²) in [5.74, 6) is -0.482. The summed E-state index contributed by atoms with van der Waals surface area (Å²) in [5, 5.41) is 0. The van der Waals surface area contributed by atoms with Crippen molar-refractivity contribution < 1.29 is 17.6 Å². The monoisotopic (exact) mass is 405 g/mol. The first-order valence-corrected chi connectivity index (χ1v) is 10.7. The van der Waals surface area contributed by atoms with Crippen LogP contribution in [0.15, 0.2) is 59.5 Å². The van der Waals surface area contributed by atoms with E-state index < -0.39 is 15.8 Å². The molecule has 1 aliphatic heterocycles. The van der Waals surface area contributed by atoms with Crippen LogP contribution in [0.3, 0.4) is 0 Å². The minimum Gasteiger partial charge on any atom is -0.312 e. The minimum absolute atomic E-state index is 0.0106. The molecule has 0 bridgehead atoms. The standard InChI is InChI=1S/C20H24FN3O3S/c1-2-24(18-6-4-3-5-7-18)20(25)16-22-12-14-23(15-13-22)28(26,27)19-10-8-17(21)9-11-19/h3-11H,2,12-16H2,1H3. The Morgan fingerprint density at radius 2 is 1.61 bits per heavy atom. The van der Waals surface area contributed by atoms with E-state index in [1.807, 2.05) is 42.2 Å². The smallest absolute Gasteiger partial charge is 0.243 e. The summed E-state index contributed by atoms with van der Waals surface area (Å²) in [6.07, 6.45) is 0. The number of sulfonamides is 1. The fourth-order valence-corrected chi connectivity index (χ4v) is 4.69. The highest BCUT2D eigenvalue weighted by Gasteiger charge is 2.29. The van der Waals surface area contributed by atoms with Gasteiger partial charge >= 0.3 is 0 Å². The predicted octanol–water partition coefficient (Wildman–Crippen LogP) is 2.19. The molecule has 2 aromatic carbocycles. The molecule has 1 fully saturated rings. The number of piperazine rings is 1. The van der Waals surface area contributed by atoms with Gasteiger partial charge in [-0.3, -0.25) is 9.69 Å². The number of amides is 1. The van der Waals surface area contributed by atoms with E-state index in [1.165, 1.54) is 16.4 Å². The summed E-state index contributed by atoms with van der Waals surface area (Å²) in [4.78, 5) is 16.5. The average molecular weight is 405 g/mol. The van der Waals surface area contributed by atoms with Crippen molar-refractivity contribution in [1.82, 2.24) is 9.21 Å². The van der Waals surface area contributed by atoms with Crippen LogP contribution in [0, 0.1) is 5.82 Å². The third-order valence-corrected chi connectivity index (χ3v) is 6.74. The molecule has 2 aromatic rings. The lowest BCUT2D eigenvalue weighted by Gasteiger charge is -2.34. The summed E-state index contributed by atoms with van der Waals surface area (Å²) >= 11 is 0. The quantitative estimate of drug-likeness (QED) is 0.739.